The van der Waals surface area contributed by atoms with Crippen molar-refractivity contribution in [3.63, 3.8) is 0 Å². The highest BCUT2D eigenvalue weighted by Crippen LogP contribution is 2.29. The Balaban J connectivity index is 0.00000324. The van der Waals surface area contributed by atoms with Gasteiger partial charge in [-0.15, -0.1) is 24.8 Å². The molecule has 3 rings (SSSR count). The van der Waals surface area contributed by atoms with Gasteiger partial charge in [-0.2, -0.15) is 0 Å². The molecule has 0 aliphatic heterocycles. The first kappa shape index (κ1) is 30.4. The second-order valence-corrected chi connectivity index (χ2v) is 8.19. The van der Waals surface area contributed by atoms with Crippen molar-refractivity contribution in [2.24, 2.45) is 21.5 Å². The Morgan fingerprint density at radius 2 is 0.972 bits per heavy atom. The van der Waals surface area contributed by atoms with Crippen LogP contribution in [0.2, 0.25) is 0 Å². The van der Waals surface area contributed by atoms with E-state index in [1.165, 1.54) is 0 Å². The molecule has 0 fully saturated rings. The lowest BCUT2D eigenvalue weighted by Crippen LogP contribution is -2.23. The Hall–Kier alpha value is -3.62. The molecule has 36 heavy (non-hydrogen) atoms. The molecule has 0 spiro atoms. The van der Waals surface area contributed by atoms with Crippen molar-refractivity contribution in [1.29, 1.82) is 0 Å². The van der Waals surface area contributed by atoms with Crippen molar-refractivity contribution in [1.82, 2.24) is 0 Å². The predicted molar refractivity (Wildman–Crippen MR) is 155 cm³/mol. The molecule has 3 aromatic rings. The second kappa shape index (κ2) is 14.7. The van der Waals surface area contributed by atoms with Crippen LogP contribution in [0.4, 0.5) is 11.4 Å². The van der Waals surface area contributed by atoms with Gasteiger partial charge in [-0.1, -0.05) is 6.07 Å². The second-order valence-electron chi connectivity index (χ2n) is 8.19. The molecule has 0 unspecified atom stereocenters. The molecule has 0 atom stereocenters. The van der Waals surface area contributed by atoms with Crippen LogP contribution in [0.1, 0.15) is 27.7 Å². The van der Waals surface area contributed by atoms with Crippen LogP contribution in [0.25, 0.3) is 0 Å². The first-order valence-electron chi connectivity index (χ1n) is 11.1. The summed E-state index contributed by atoms with van der Waals surface area (Å²) in [7, 11) is 0. The van der Waals surface area contributed by atoms with Crippen molar-refractivity contribution < 1.29 is 9.47 Å². The summed E-state index contributed by atoms with van der Waals surface area (Å²) in [6.07, 6.45) is 0. The molecule has 0 bridgehead atoms. The zero-order valence-electron chi connectivity index (χ0n) is 20.8. The molecule has 0 aliphatic carbocycles. The van der Waals surface area contributed by atoms with Gasteiger partial charge in [0.05, 0.1) is 0 Å². The molecule has 194 valence electrons. The SMILES string of the molecule is CC(C)N=C(N)Nc1ccc(Oc2cccc(Oc3ccc(NC(N)=NC(C)C)cc3)c2)cc1.Cl.Cl. The molecule has 6 N–H and O–H groups in total. The van der Waals surface area contributed by atoms with Gasteiger partial charge in [0.2, 0.25) is 0 Å². The summed E-state index contributed by atoms with van der Waals surface area (Å²) in [5.74, 6) is 3.47. The number of aliphatic imine (C=N–C) groups is 2. The smallest absolute Gasteiger partial charge is 0.193 e. The molecular weight excluding hydrogens is 499 g/mol. The Bertz CT molecular complexity index is 1050. The van der Waals surface area contributed by atoms with Gasteiger partial charge in [-0.3, -0.25) is 9.98 Å². The number of anilines is 2. The quantitative estimate of drug-likeness (QED) is 0.197. The number of benzene rings is 3. The standard InChI is InChI=1S/C26H32N6O2.2ClH/c1-17(2)29-25(27)31-19-8-12-21(13-9-19)33-23-6-5-7-24(16-23)34-22-14-10-20(11-15-22)32-26(28)30-18(3)4;;/h5-18H,1-4H3,(H3,27,29,31)(H3,28,30,32);2*1H. The normalized spacial score (nSPS) is 11.4. The van der Waals surface area contributed by atoms with E-state index in [1.807, 2.05) is 100 Å². The fourth-order valence-electron chi connectivity index (χ4n) is 3.00. The third-order valence-electron chi connectivity index (χ3n) is 4.32. The molecule has 0 amide bonds. The van der Waals surface area contributed by atoms with Crippen LogP contribution < -0.4 is 31.6 Å². The Morgan fingerprint density at radius 1 is 0.611 bits per heavy atom. The van der Waals surface area contributed by atoms with Crippen LogP contribution in [0.5, 0.6) is 23.0 Å². The van der Waals surface area contributed by atoms with E-state index in [4.69, 9.17) is 20.9 Å². The third-order valence-corrected chi connectivity index (χ3v) is 4.32. The number of hydrogen-bond acceptors (Lipinski definition) is 4. The lowest BCUT2D eigenvalue weighted by atomic mass is 10.3. The zero-order valence-corrected chi connectivity index (χ0v) is 22.4. The maximum atomic E-state index is 5.97. The fourth-order valence-corrected chi connectivity index (χ4v) is 3.00. The molecule has 8 nitrogen and oxygen atoms in total. The first-order valence-corrected chi connectivity index (χ1v) is 11.1. The van der Waals surface area contributed by atoms with E-state index in [0.717, 1.165) is 11.4 Å². The van der Waals surface area contributed by atoms with Gasteiger partial charge in [-0.05, 0) is 88.4 Å². The number of nitrogens with one attached hydrogen (secondary N) is 2. The van der Waals surface area contributed by atoms with Gasteiger partial charge in [0.15, 0.2) is 11.9 Å². The highest BCUT2D eigenvalue weighted by molar-refractivity contribution is 5.93. The van der Waals surface area contributed by atoms with Crippen LogP contribution in [-0.4, -0.2) is 24.0 Å². The lowest BCUT2D eigenvalue weighted by molar-refractivity contribution is 0.460. The number of hydrogen-bond donors (Lipinski definition) is 4. The van der Waals surface area contributed by atoms with Gasteiger partial charge in [0, 0.05) is 29.5 Å². The van der Waals surface area contributed by atoms with Crippen molar-refractivity contribution in [3.8, 4) is 23.0 Å². The number of guanidine groups is 2. The van der Waals surface area contributed by atoms with Crippen LogP contribution in [-0.2, 0) is 0 Å². The van der Waals surface area contributed by atoms with Gasteiger partial charge < -0.3 is 31.6 Å². The van der Waals surface area contributed by atoms with Gasteiger partial charge in [0.1, 0.15) is 23.0 Å². The summed E-state index contributed by atoms with van der Waals surface area (Å²) in [4.78, 5) is 8.52. The molecule has 0 saturated carbocycles. The molecule has 3 aromatic carbocycles. The largest absolute Gasteiger partial charge is 0.457 e. The first-order chi connectivity index (χ1) is 16.3. The zero-order chi connectivity index (χ0) is 24.5. The molecule has 0 heterocycles. The minimum atomic E-state index is 0. The summed E-state index contributed by atoms with van der Waals surface area (Å²) < 4.78 is 11.9. The minimum Gasteiger partial charge on any atom is -0.457 e. The highest BCUT2D eigenvalue weighted by atomic mass is 35.5. The molecular formula is C26H34Cl2N6O2. The molecule has 0 saturated heterocycles. The number of nitrogens with zero attached hydrogens (tertiary/aromatic N) is 2. The molecule has 0 radical (unpaired) electrons. The van der Waals surface area contributed by atoms with E-state index in [9.17, 15) is 0 Å². The molecule has 0 aliphatic rings. The molecule has 10 heteroatoms. The van der Waals surface area contributed by atoms with Crippen molar-refractivity contribution in [2.45, 2.75) is 39.8 Å². The summed E-state index contributed by atoms with van der Waals surface area (Å²) in [5.41, 5.74) is 13.4. The average molecular weight is 534 g/mol. The third kappa shape index (κ3) is 10.3. The molecule has 0 aromatic heterocycles. The maximum absolute atomic E-state index is 5.97. The topological polar surface area (TPSA) is 119 Å². The lowest BCUT2D eigenvalue weighted by Gasteiger charge is -2.11. The van der Waals surface area contributed by atoms with Gasteiger partial charge in [0.25, 0.3) is 0 Å². The summed E-state index contributed by atoms with van der Waals surface area (Å²) >= 11 is 0. The van der Waals surface area contributed by atoms with E-state index in [1.54, 1.807) is 0 Å². The summed E-state index contributed by atoms with van der Waals surface area (Å²) in [6, 6.07) is 22.7. The predicted octanol–water partition coefficient (Wildman–Crippen LogP) is 6.38. The van der Waals surface area contributed by atoms with Crippen molar-refractivity contribution in [3.05, 3.63) is 72.8 Å². The van der Waals surface area contributed by atoms with Crippen LogP contribution >= 0.6 is 24.8 Å². The van der Waals surface area contributed by atoms with Crippen molar-refractivity contribution in [2.75, 3.05) is 10.6 Å². The van der Waals surface area contributed by atoms with E-state index < -0.39 is 0 Å². The minimum absolute atomic E-state index is 0. The highest BCUT2D eigenvalue weighted by Gasteiger charge is 2.04. The number of ether oxygens (including phenoxy) is 2. The van der Waals surface area contributed by atoms with E-state index in [-0.39, 0.29) is 36.9 Å². The monoisotopic (exact) mass is 532 g/mol. The summed E-state index contributed by atoms with van der Waals surface area (Å²) in [6.45, 7) is 7.87. The van der Waals surface area contributed by atoms with Crippen LogP contribution in [0.3, 0.4) is 0 Å². The number of halogens is 2. The Kier molecular flexibility index (Phi) is 12.4. The number of nitrogens with two attached hydrogens (primary N) is 2. The Labute approximate surface area is 225 Å². The maximum Gasteiger partial charge on any atom is 0.193 e. The van der Waals surface area contributed by atoms with Gasteiger partial charge in [-0.25, -0.2) is 0 Å². The fraction of sp³-hybridized carbons (Fsp3) is 0.231. The van der Waals surface area contributed by atoms with Crippen LogP contribution in [0, 0.1) is 0 Å². The number of rotatable bonds is 8. The van der Waals surface area contributed by atoms with E-state index >= 15 is 0 Å². The summed E-state index contributed by atoms with van der Waals surface area (Å²) in [5, 5.41) is 6.11. The van der Waals surface area contributed by atoms with Crippen molar-refractivity contribution >= 4 is 48.1 Å². The average Bonchev–Trinajstić information content (AvgIpc) is 2.76. The van der Waals surface area contributed by atoms with Gasteiger partial charge >= 0.3 is 0 Å². The van der Waals surface area contributed by atoms with Crippen LogP contribution in [0.15, 0.2) is 82.8 Å². The van der Waals surface area contributed by atoms with E-state index in [2.05, 4.69) is 20.6 Å². The van der Waals surface area contributed by atoms with E-state index in [0.29, 0.717) is 34.9 Å². The Morgan fingerprint density at radius 3 is 1.31 bits per heavy atom.